The smallest absolute Gasteiger partial charge is 0.150 e. The summed E-state index contributed by atoms with van der Waals surface area (Å²) in [6, 6.07) is 2.78. The van der Waals surface area contributed by atoms with Crippen LogP contribution in [0.25, 0.3) is 10.9 Å². The summed E-state index contributed by atoms with van der Waals surface area (Å²) in [6.45, 7) is 6.61. The van der Waals surface area contributed by atoms with Crippen LogP contribution >= 0.6 is 15.9 Å². The third kappa shape index (κ3) is 2.56. The zero-order valence-corrected chi connectivity index (χ0v) is 12.6. The first kappa shape index (κ1) is 14.2. The van der Waals surface area contributed by atoms with Crippen LogP contribution in [0, 0.1) is 11.6 Å². The first-order chi connectivity index (χ1) is 8.95. The molecule has 1 N–H and O–H groups in total. The molecule has 0 fully saturated rings. The molecule has 0 aliphatic carbocycles. The molecule has 0 radical (unpaired) electrons. The van der Waals surface area contributed by atoms with Crippen LogP contribution in [0.4, 0.5) is 14.6 Å². The Morgan fingerprint density at radius 3 is 2.58 bits per heavy atom. The second kappa shape index (κ2) is 5.41. The van der Waals surface area contributed by atoms with Crippen molar-refractivity contribution in [3.8, 4) is 0 Å². The molecule has 0 spiro atoms. The lowest BCUT2D eigenvalue weighted by molar-refractivity contribution is 0.609. The molecule has 19 heavy (non-hydrogen) atoms. The Bertz CT molecular complexity index is 627. The highest BCUT2D eigenvalue weighted by molar-refractivity contribution is 9.10. The fraction of sp³-hybridized carbons (Fsp3) is 0.357. The summed E-state index contributed by atoms with van der Waals surface area (Å²) >= 11 is 3.02. The third-order valence-electron chi connectivity index (χ3n) is 2.94. The minimum Gasteiger partial charge on any atom is -0.370 e. The van der Waals surface area contributed by atoms with Crippen molar-refractivity contribution in [1.82, 2.24) is 4.98 Å². The molecule has 2 rings (SSSR count). The van der Waals surface area contributed by atoms with Crippen LogP contribution in [-0.2, 0) is 0 Å². The van der Waals surface area contributed by atoms with Gasteiger partial charge in [0.25, 0.3) is 0 Å². The Kier molecular flexibility index (Phi) is 4.04. The van der Waals surface area contributed by atoms with Gasteiger partial charge in [0, 0.05) is 11.9 Å². The number of rotatable bonds is 3. The van der Waals surface area contributed by atoms with Crippen LogP contribution < -0.4 is 5.32 Å². The normalized spacial score (nSPS) is 11.3. The molecule has 1 aromatic carbocycles. The highest BCUT2D eigenvalue weighted by Crippen LogP contribution is 2.32. The lowest BCUT2D eigenvalue weighted by Crippen LogP contribution is -2.06. The molecule has 0 amide bonds. The molecule has 0 saturated carbocycles. The number of anilines is 1. The largest absolute Gasteiger partial charge is 0.370 e. The van der Waals surface area contributed by atoms with Crippen molar-refractivity contribution in [3.63, 3.8) is 0 Å². The quantitative estimate of drug-likeness (QED) is 0.816. The van der Waals surface area contributed by atoms with E-state index in [9.17, 15) is 8.78 Å². The van der Waals surface area contributed by atoms with Crippen molar-refractivity contribution in [1.29, 1.82) is 0 Å². The minimum absolute atomic E-state index is 0.0565. The average molecular weight is 329 g/mol. The van der Waals surface area contributed by atoms with Gasteiger partial charge in [-0.1, -0.05) is 13.8 Å². The predicted octanol–water partition coefficient (Wildman–Crippen LogP) is 4.83. The van der Waals surface area contributed by atoms with Crippen molar-refractivity contribution in [2.45, 2.75) is 26.7 Å². The van der Waals surface area contributed by atoms with E-state index >= 15 is 0 Å². The minimum atomic E-state index is -0.530. The standard InChI is InChI=1S/C14H15BrF2N2/c1-4-18-14-8(7(2)3)5-9-12(17)10(15)6-11(16)13(9)19-14/h5-7H,4H2,1-3H3,(H,18,19). The maximum Gasteiger partial charge on any atom is 0.150 e. The van der Waals surface area contributed by atoms with E-state index in [0.29, 0.717) is 12.4 Å². The maximum atomic E-state index is 14.1. The van der Waals surface area contributed by atoms with Gasteiger partial charge in [-0.05, 0) is 46.5 Å². The summed E-state index contributed by atoms with van der Waals surface area (Å²) < 4.78 is 28.1. The van der Waals surface area contributed by atoms with E-state index in [4.69, 9.17) is 0 Å². The van der Waals surface area contributed by atoms with Gasteiger partial charge in [-0.15, -0.1) is 0 Å². The molecule has 5 heteroatoms. The number of fused-ring (bicyclic) bond motifs is 1. The van der Waals surface area contributed by atoms with Crippen molar-refractivity contribution in [3.05, 3.63) is 33.8 Å². The summed E-state index contributed by atoms with van der Waals surface area (Å²) in [5.74, 6) is -0.218. The summed E-state index contributed by atoms with van der Waals surface area (Å²) in [5, 5.41) is 3.30. The highest BCUT2D eigenvalue weighted by Gasteiger charge is 2.17. The van der Waals surface area contributed by atoms with Crippen molar-refractivity contribution < 1.29 is 8.78 Å². The van der Waals surface area contributed by atoms with E-state index in [1.165, 1.54) is 0 Å². The maximum absolute atomic E-state index is 14.1. The highest BCUT2D eigenvalue weighted by atomic mass is 79.9. The van der Waals surface area contributed by atoms with Crippen LogP contribution in [0.1, 0.15) is 32.3 Å². The van der Waals surface area contributed by atoms with E-state index < -0.39 is 11.6 Å². The molecule has 0 unspecified atom stereocenters. The lowest BCUT2D eigenvalue weighted by Gasteiger charge is -2.15. The number of hydrogen-bond acceptors (Lipinski definition) is 2. The first-order valence-electron chi connectivity index (χ1n) is 6.17. The van der Waals surface area contributed by atoms with E-state index in [2.05, 4.69) is 26.2 Å². The van der Waals surface area contributed by atoms with Gasteiger partial charge in [-0.2, -0.15) is 0 Å². The lowest BCUT2D eigenvalue weighted by atomic mass is 10.0. The SMILES string of the molecule is CCNc1nc2c(F)cc(Br)c(F)c2cc1C(C)C. The number of halogens is 3. The number of aromatic nitrogens is 1. The Hall–Kier alpha value is -1.23. The molecular weight excluding hydrogens is 314 g/mol. The van der Waals surface area contributed by atoms with Crippen molar-refractivity contribution in [2.75, 3.05) is 11.9 Å². The van der Waals surface area contributed by atoms with Gasteiger partial charge in [0.2, 0.25) is 0 Å². The van der Waals surface area contributed by atoms with E-state index in [-0.39, 0.29) is 21.3 Å². The fourth-order valence-corrected chi connectivity index (χ4v) is 2.41. The summed E-state index contributed by atoms with van der Waals surface area (Å²) in [7, 11) is 0. The summed E-state index contributed by atoms with van der Waals surface area (Å²) in [4.78, 5) is 4.24. The third-order valence-corrected chi connectivity index (χ3v) is 3.52. The number of pyridine rings is 1. The van der Waals surface area contributed by atoms with Crippen LogP contribution in [0.3, 0.4) is 0 Å². The number of benzene rings is 1. The summed E-state index contributed by atoms with van der Waals surface area (Å²) in [6.07, 6.45) is 0. The second-order valence-electron chi connectivity index (χ2n) is 4.66. The van der Waals surface area contributed by atoms with Crippen LogP contribution in [-0.4, -0.2) is 11.5 Å². The summed E-state index contributed by atoms with van der Waals surface area (Å²) in [5.41, 5.74) is 0.937. The van der Waals surface area contributed by atoms with Gasteiger partial charge in [0.15, 0.2) is 5.82 Å². The first-order valence-corrected chi connectivity index (χ1v) is 6.97. The molecule has 0 saturated heterocycles. The second-order valence-corrected chi connectivity index (χ2v) is 5.52. The number of nitrogens with one attached hydrogen (secondary N) is 1. The van der Waals surface area contributed by atoms with Crippen molar-refractivity contribution >= 4 is 32.7 Å². The molecule has 1 heterocycles. The van der Waals surface area contributed by atoms with E-state index in [1.54, 1.807) is 6.07 Å². The van der Waals surface area contributed by atoms with E-state index in [1.807, 2.05) is 20.8 Å². The monoisotopic (exact) mass is 328 g/mol. The van der Waals surface area contributed by atoms with Gasteiger partial charge in [-0.25, -0.2) is 13.8 Å². The number of hydrogen-bond donors (Lipinski definition) is 1. The topological polar surface area (TPSA) is 24.9 Å². The molecule has 2 aromatic rings. The van der Waals surface area contributed by atoms with Gasteiger partial charge in [-0.3, -0.25) is 0 Å². The van der Waals surface area contributed by atoms with E-state index in [0.717, 1.165) is 11.6 Å². The Morgan fingerprint density at radius 2 is 2.00 bits per heavy atom. The molecule has 0 bridgehead atoms. The fourth-order valence-electron chi connectivity index (χ4n) is 2.00. The van der Waals surface area contributed by atoms with Crippen LogP contribution in [0.15, 0.2) is 16.6 Å². The Morgan fingerprint density at radius 1 is 1.32 bits per heavy atom. The molecule has 0 aliphatic heterocycles. The zero-order valence-electron chi connectivity index (χ0n) is 11.0. The molecule has 102 valence electrons. The molecule has 1 aromatic heterocycles. The predicted molar refractivity (Wildman–Crippen MR) is 77.6 cm³/mol. The average Bonchev–Trinajstić information content (AvgIpc) is 2.35. The van der Waals surface area contributed by atoms with Gasteiger partial charge < -0.3 is 5.32 Å². The molecular formula is C14H15BrF2N2. The Balaban J connectivity index is 2.81. The number of nitrogens with zero attached hydrogens (tertiary/aromatic N) is 1. The zero-order chi connectivity index (χ0) is 14.2. The molecule has 2 nitrogen and oxygen atoms in total. The van der Waals surface area contributed by atoms with Crippen LogP contribution in [0.2, 0.25) is 0 Å². The van der Waals surface area contributed by atoms with Crippen LogP contribution in [0.5, 0.6) is 0 Å². The molecule has 0 atom stereocenters. The van der Waals surface area contributed by atoms with Crippen molar-refractivity contribution in [2.24, 2.45) is 0 Å². The Labute approximate surface area is 119 Å². The van der Waals surface area contributed by atoms with Gasteiger partial charge >= 0.3 is 0 Å². The van der Waals surface area contributed by atoms with Gasteiger partial charge in [0.1, 0.15) is 17.2 Å². The van der Waals surface area contributed by atoms with Gasteiger partial charge in [0.05, 0.1) is 4.47 Å². The molecule has 0 aliphatic rings.